The second-order valence-electron chi connectivity index (χ2n) is 6.90. The first-order valence-electron chi connectivity index (χ1n) is 7.75. The highest BCUT2D eigenvalue weighted by atomic mass is 16.6. The lowest BCUT2D eigenvalue weighted by molar-refractivity contribution is -0.116. The molecule has 22 heavy (non-hydrogen) atoms. The summed E-state index contributed by atoms with van der Waals surface area (Å²) in [5, 5.41) is 4.37. The number of hydrogen-bond acceptors (Lipinski definition) is 4. The fraction of sp³-hybridized carbons (Fsp3) is 0.688. The second kappa shape index (κ2) is 6.50. The lowest BCUT2D eigenvalue weighted by Gasteiger charge is -2.24. The van der Waals surface area contributed by atoms with Crippen molar-refractivity contribution >= 4 is 11.9 Å². The Morgan fingerprint density at radius 3 is 2.77 bits per heavy atom. The molecule has 1 atom stereocenters. The summed E-state index contributed by atoms with van der Waals surface area (Å²) in [5.74, 6) is 0.185. The minimum absolute atomic E-state index is 0.179. The van der Waals surface area contributed by atoms with Crippen LogP contribution < -0.4 is 0 Å². The van der Waals surface area contributed by atoms with Crippen LogP contribution in [0.2, 0.25) is 0 Å². The van der Waals surface area contributed by atoms with Gasteiger partial charge in [0.15, 0.2) is 0 Å². The van der Waals surface area contributed by atoms with Gasteiger partial charge in [-0.3, -0.25) is 4.68 Å². The van der Waals surface area contributed by atoms with E-state index in [9.17, 15) is 9.59 Å². The lowest BCUT2D eigenvalue weighted by Crippen LogP contribution is -2.35. The van der Waals surface area contributed by atoms with Gasteiger partial charge in [0, 0.05) is 25.7 Å². The van der Waals surface area contributed by atoms with Gasteiger partial charge < -0.3 is 14.4 Å². The molecule has 1 aromatic heterocycles. The molecule has 0 bridgehead atoms. The summed E-state index contributed by atoms with van der Waals surface area (Å²) in [5.41, 5.74) is 0.590. The molecular weight excluding hydrogens is 282 g/mol. The zero-order valence-corrected chi connectivity index (χ0v) is 13.8. The van der Waals surface area contributed by atoms with Gasteiger partial charge in [0.2, 0.25) is 0 Å². The molecule has 0 aliphatic carbocycles. The number of Topliss-reactive ketones (excluding diaryl/α,β-unsaturated/α-hetero) is 1. The van der Waals surface area contributed by atoms with Gasteiger partial charge in [0.1, 0.15) is 11.4 Å². The molecule has 1 aliphatic rings. The van der Waals surface area contributed by atoms with Gasteiger partial charge in [-0.25, -0.2) is 4.79 Å². The molecule has 2 heterocycles. The Hall–Kier alpha value is -1.85. The maximum absolute atomic E-state index is 12.1. The van der Waals surface area contributed by atoms with Crippen molar-refractivity contribution in [3.8, 4) is 0 Å². The normalized spacial score (nSPS) is 18.5. The molecule has 6 nitrogen and oxygen atoms in total. The van der Waals surface area contributed by atoms with E-state index in [0.29, 0.717) is 19.5 Å². The topological polar surface area (TPSA) is 64.4 Å². The predicted molar refractivity (Wildman–Crippen MR) is 82.7 cm³/mol. The molecule has 0 spiro atoms. The average molecular weight is 307 g/mol. The van der Waals surface area contributed by atoms with Gasteiger partial charge in [-0.2, -0.15) is 5.10 Å². The largest absolute Gasteiger partial charge is 0.444 e. The van der Waals surface area contributed by atoms with Gasteiger partial charge in [-0.1, -0.05) is 0 Å². The van der Waals surface area contributed by atoms with Crippen LogP contribution in [0.15, 0.2) is 12.4 Å². The number of aromatic nitrogens is 2. The fourth-order valence-corrected chi connectivity index (χ4v) is 2.48. The molecule has 0 radical (unpaired) electrons. The first-order valence-corrected chi connectivity index (χ1v) is 7.75. The monoisotopic (exact) mass is 307 g/mol. The minimum atomic E-state index is -0.471. The quantitative estimate of drug-likeness (QED) is 0.857. The zero-order valence-electron chi connectivity index (χ0n) is 13.8. The maximum Gasteiger partial charge on any atom is 0.410 e. The fourth-order valence-electron chi connectivity index (χ4n) is 2.48. The van der Waals surface area contributed by atoms with Crippen LogP contribution in [0.4, 0.5) is 4.79 Å². The van der Waals surface area contributed by atoms with E-state index < -0.39 is 5.60 Å². The van der Waals surface area contributed by atoms with Crippen LogP contribution >= 0.6 is 0 Å². The number of amides is 1. The number of carbonyl (C=O) groups excluding carboxylic acids is 2. The van der Waals surface area contributed by atoms with Crippen LogP contribution in [0.5, 0.6) is 0 Å². The van der Waals surface area contributed by atoms with Gasteiger partial charge >= 0.3 is 6.09 Å². The van der Waals surface area contributed by atoms with Crippen molar-refractivity contribution in [2.75, 3.05) is 13.1 Å². The average Bonchev–Trinajstić information content (AvgIpc) is 3.03. The van der Waals surface area contributed by atoms with Crippen molar-refractivity contribution in [2.45, 2.75) is 58.6 Å². The standard InChI is InChI=1S/C16H25N3O3/c1-12(20)5-6-13-9-17-19(10-13)14-7-8-18(11-14)15(21)22-16(2,3)4/h9-10,14H,5-8,11H2,1-4H3. The molecule has 2 rings (SSSR count). The van der Waals surface area contributed by atoms with Crippen molar-refractivity contribution in [3.63, 3.8) is 0 Å². The van der Waals surface area contributed by atoms with Crippen LogP contribution in [-0.2, 0) is 16.0 Å². The number of ketones is 1. The van der Waals surface area contributed by atoms with Crippen LogP contribution in [0.1, 0.15) is 52.1 Å². The Labute approximate surface area is 131 Å². The molecule has 0 saturated carbocycles. The van der Waals surface area contributed by atoms with Gasteiger partial charge in [-0.05, 0) is 46.1 Å². The Morgan fingerprint density at radius 2 is 2.14 bits per heavy atom. The van der Waals surface area contributed by atoms with E-state index in [0.717, 1.165) is 18.4 Å². The Balaban J connectivity index is 1.90. The second-order valence-corrected chi connectivity index (χ2v) is 6.90. The summed E-state index contributed by atoms with van der Waals surface area (Å²) >= 11 is 0. The van der Waals surface area contributed by atoms with Crippen LogP contribution in [0.3, 0.4) is 0 Å². The van der Waals surface area contributed by atoms with E-state index in [1.165, 1.54) is 0 Å². The number of ether oxygens (including phenoxy) is 1. The van der Waals surface area contributed by atoms with Crippen LogP contribution in [0.25, 0.3) is 0 Å². The highest BCUT2D eigenvalue weighted by Crippen LogP contribution is 2.23. The first kappa shape index (κ1) is 16.5. The number of hydrogen-bond donors (Lipinski definition) is 0. The number of aryl methyl sites for hydroxylation is 1. The number of nitrogens with zero attached hydrogens (tertiary/aromatic N) is 3. The third kappa shape index (κ3) is 4.58. The molecule has 6 heteroatoms. The Morgan fingerprint density at radius 1 is 1.41 bits per heavy atom. The molecule has 1 fully saturated rings. The van der Waals surface area contributed by atoms with Crippen molar-refractivity contribution in [1.29, 1.82) is 0 Å². The molecular formula is C16H25N3O3. The van der Waals surface area contributed by atoms with Gasteiger partial charge in [0.25, 0.3) is 0 Å². The summed E-state index contributed by atoms with van der Waals surface area (Å²) in [7, 11) is 0. The highest BCUT2D eigenvalue weighted by molar-refractivity contribution is 5.75. The van der Waals surface area contributed by atoms with Crippen molar-refractivity contribution < 1.29 is 14.3 Å². The molecule has 1 saturated heterocycles. The van der Waals surface area contributed by atoms with E-state index in [1.807, 2.05) is 31.6 Å². The minimum Gasteiger partial charge on any atom is -0.444 e. The van der Waals surface area contributed by atoms with E-state index in [2.05, 4.69) is 5.10 Å². The third-order valence-corrected chi connectivity index (χ3v) is 3.61. The summed E-state index contributed by atoms with van der Waals surface area (Å²) in [4.78, 5) is 24.8. The third-order valence-electron chi connectivity index (χ3n) is 3.61. The molecule has 0 N–H and O–H groups in total. The molecule has 1 aliphatic heterocycles. The van der Waals surface area contributed by atoms with E-state index in [-0.39, 0.29) is 17.9 Å². The molecule has 1 unspecified atom stereocenters. The van der Waals surface area contributed by atoms with Crippen LogP contribution in [0, 0.1) is 0 Å². The molecule has 0 aromatic carbocycles. The van der Waals surface area contributed by atoms with E-state index in [1.54, 1.807) is 18.0 Å². The maximum atomic E-state index is 12.1. The Bertz CT molecular complexity index is 545. The van der Waals surface area contributed by atoms with Gasteiger partial charge in [-0.15, -0.1) is 0 Å². The summed E-state index contributed by atoms with van der Waals surface area (Å²) in [6, 6.07) is 0.179. The summed E-state index contributed by atoms with van der Waals surface area (Å²) in [6.45, 7) is 8.50. The SMILES string of the molecule is CC(=O)CCc1cnn(C2CCN(C(=O)OC(C)(C)C)C2)c1. The number of carbonyl (C=O) groups is 2. The number of likely N-dealkylation sites (tertiary alicyclic amines) is 1. The predicted octanol–water partition coefficient (Wildman–Crippen LogP) is 2.59. The summed E-state index contributed by atoms with van der Waals surface area (Å²) in [6.07, 6.45) is 5.65. The van der Waals surface area contributed by atoms with Gasteiger partial charge in [0.05, 0.1) is 12.2 Å². The summed E-state index contributed by atoms with van der Waals surface area (Å²) < 4.78 is 7.30. The Kier molecular flexibility index (Phi) is 4.88. The van der Waals surface area contributed by atoms with Crippen LogP contribution in [-0.4, -0.2) is 45.2 Å². The highest BCUT2D eigenvalue weighted by Gasteiger charge is 2.30. The van der Waals surface area contributed by atoms with E-state index >= 15 is 0 Å². The van der Waals surface area contributed by atoms with Crippen molar-refractivity contribution in [1.82, 2.24) is 14.7 Å². The smallest absolute Gasteiger partial charge is 0.410 e. The first-order chi connectivity index (χ1) is 10.2. The molecule has 1 amide bonds. The number of rotatable bonds is 4. The zero-order chi connectivity index (χ0) is 16.3. The van der Waals surface area contributed by atoms with Crippen molar-refractivity contribution in [2.24, 2.45) is 0 Å². The lowest BCUT2D eigenvalue weighted by atomic mass is 10.1. The van der Waals surface area contributed by atoms with Crippen molar-refractivity contribution in [3.05, 3.63) is 18.0 Å². The molecule has 122 valence electrons. The van der Waals surface area contributed by atoms with E-state index in [4.69, 9.17) is 4.74 Å². The molecule has 1 aromatic rings.